The van der Waals surface area contributed by atoms with Crippen LogP contribution in [0.2, 0.25) is 0 Å². The Balaban J connectivity index is 2.22. The van der Waals surface area contributed by atoms with Crippen molar-refractivity contribution in [3.8, 4) is 5.75 Å². The number of aromatic amines is 1. The minimum atomic E-state index is -0.444. The van der Waals surface area contributed by atoms with Gasteiger partial charge >= 0.3 is 0 Å². The summed E-state index contributed by atoms with van der Waals surface area (Å²) in [6.45, 7) is 4.59. The predicted molar refractivity (Wildman–Crippen MR) is 125 cm³/mol. The number of amides is 1. The predicted octanol–water partition coefficient (Wildman–Crippen LogP) is 1.07. The summed E-state index contributed by atoms with van der Waals surface area (Å²) >= 11 is 0. The molecule has 2 aromatic carbocycles. The van der Waals surface area contributed by atoms with E-state index in [1.807, 2.05) is 44.2 Å². The fourth-order valence-corrected chi connectivity index (χ4v) is 3.40. The van der Waals surface area contributed by atoms with Crippen LogP contribution in [0.4, 0.5) is 0 Å². The molecule has 0 atom stereocenters. The maximum Gasteiger partial charge on any atom is 0.275 e. The molecular weight excluding hydrogens is 406 g/mol. The molecule has 0 bridgehead atoms. The van der Waals surface area contributed by atoms with Gasteiger partial charge in [0.05, 0.1) is 7.11 Å². The molecule has 0 radical (unpaired) electrons. The SMILES string of the molecule is CCN(CC)C(=O)Cn1c(=O)/c(=C/c2ccc(OC)cc2)[nH]c(=O)/c1=C/c1ccccc1. The molecule has 0 saturated heterocycles. The summed E-state index contributed by atoms with van der Waals surface area (Å²) < 4.78 is 6.41. The average molecular weight is 434 g/mol. The lowest BCUT2D eigenvalue weighted by Gasteiger charge is -2.19. The zero-order chi connectivity index (χ0) is 23.1. The second kappa shape index (κ2) is 10.4. The number of carbonyl (C=O) groups is 1. The zero-order valence-corrected chi connectivity index (χ0v) is 18.5. The molecule has 166 valence electrons. The lowest BCUT2D eigenvalue weighted by Crippen LogP contribution is -2.55. The lowest BCUT2D eigenvalue weighted by molar-refractivity contribution is -0.131. The molecule has 0 aliphatic rings. The van der Waals surface area contributed by atoms with Crippen LogP contribution >= 0.6 is 0 Å². The van der Waals surface area contributed by atoms with Crippen molar-refractivity contribution in [1.29, 1.82) is 0 Å². The van der Waals surface area contributed by atoms with Crippen LogP contribution in [-0.4, -0.2) is 40.6 Å². The standard InChI is InChI=1S/C25H27N3O4/c1-4-27(5-2)23(29)17-28-22(16-18-9-7-6-8-10-18)24(30)26-21(25(28)31)15-19-11-13-20(32-3)14-12-19/h6-16H,4-5,17H2,1-3H3,(H,26,30)/b21-15-,22-16-. The zero-order valence-electron chi connectivity index (χ0n) is 18.5. The first-order valence-corrected chi connectivity index (χ1v) is 10.5. The number of nitrogens with zero attached hydrogens (tertiary/aromatic N) is 2. The fourth-order valence-electron chi connectivity index (χ4n) is 3.40. The molecule has 0 aliphatic heterocycles. The Kier molecular flexibility index (Phi) is 7.44. The van der Waals surface area contributed by atoms with Gasteiger partial charge in [-0.05, 0) is 49.3 Å². The van der Waals surface area contributed by atoms with Crippen LogP contribution in [0.1, 0.15) is 25.0 Å². The molecule has 7 heteroatoms. The number of nitrogens with one attached hydrogen (secondary N) is 1. The van der Waals surface area contributed by atoms with Gasteiger partial charge in [0.1, 0.15) is 23.0 Å². The van der Waals surface area contributed by atoms with E-state index in [1.165, 1.54) is 4.57 Å². The molecule has 32 heavy (non-hydrogen) atoms. The van der Waals surface area contributed by atoms with Gasteiger partial charge in [-0.2, -0.15) is 0 Å². The Hall–Kier alpha value is -3.87. The van der Waals surface area contributed by atoms with E-state index in [9.17, 15) is 14.4 Å². The van der Waals surface area contributed by atoms with Crippen LogP contribution in [0, 0.1) is 0 Å². The first-order valence-electron chi connectivity index (χ1n) is 10.5. The van der Waals surface area contributed by atoms with Crippen molar-refractivity contribution in [2.45, 2.75) is 20.4 Å². The number of methoxy groups -OCH3 is 1. The number of likely N-dealkylation sites (N-methyl/N-ethyl adjacent to an activating group) is 1. The number of ether oxygens (including phenoxy) is 1. The van der Waals surface area contributed by atoms with Crippen LogP contribution in [0.15, 0.2) is 64.2 Å². The number of aromatic nitrogens is 2. The Morgan fingerprint density at radius 1 is 0.969 bits per heavy atom. The highest BCUT2D eigenvalue weighted by Gasteiger charge is 2.14. The average Bonchev–Trinajstić information content (AvgIpc) is 2.81. The molecule has 7 nitrogen and oxygen atoms in total. The Morgan fingerprint density at radius 2 is 1.59 bits per heavy atom. The maximum atomic E-state index is 13.3. The second-order valence-electron chi connectivity index (χ2n) is 7.18. The van der Waals surface area contributed by atoms with Crippen molar-refractivity contribution in [2.24, 2.45) is 0 Å². The van der Waals surface area contributed by atoms with Crippen LogP contribution in [-0.2, 0) is 11.3 Å². The summed E-state index contributed by atoms with van der Waals surface area (Å²) in [5.74, 6) is 0.464. The van der Waals surface area contributed by atoms with E-state index in [-0.39, 0.29) is 23.2 Å². The fraction of sp³-hybridized carbons (Fsp3) is 0.240. The largest absolute Gasteiger partial charge is 0.497 e. The summed E-state index contributed by atoms with van der Waals surface area (Å²) in [4.78, 5) is 43.4. The molecule has 0 saturated carbocycles. The van der Waals surface area contributed by atoms with Gasteiger partial charge < -0.3 is 14.6 Å². The van der Waals surface area contributed by atoms with Gasteiger partial charge in [0, 0.05) is 13.1 Å². The molecule has 0 fully saturated rings. The van der Waals surface area contributed by atoms with Crippen LogP contribution < -0.4 is 26.6 Å². The van der Waals surface area contributed by atoms with Crippen LogP contribution in [0.25, 0.3) is 12.2 Å². The molecule has 0 unspecified atom stereocenters. The second-order valence-corrected chi connectivity index (χ2v) is 7.18. The van der Waals surface area contributed by atoms with Gasteiger partial charge in [-0.3, -0.25) is 19.0 Å². The summed E-state index contributed by atoms with van der Waals surface area (Å²) in [6.07, 6.45) is 3.21. The number of benzene rings is 2. The minimum absolute atomic E-state index is 0.109. The first-order chi connectivity index (χ1) is 15.5. The monoisotopic (exact) mass is 433 g/mol. The van der Waals surface area contributed by atoms with E-state index in [2.05, 4.69) is 4.98 Å². The number of H-pyrrole nitrogens is 1. The molecular formula is C25H27N3O4. The van der Waals surface area contributed by atoms with Gasteiger partial charge in [0.25, 0.3) is 11.1 Å². The highest BCUT2D eigenvalue weighted by atomic mass is 16.5. The van der Waals surface area contributed by atoms with E-state index in [0.717, 1.165) is 11.1 Å². The van der Waals surface area contributed by atoms with E-state index in [1.54, 1.807) is 48.4 Å². The molecule has 1 amide bonds. The Morgan fingerprint density at radius 3 is 2.19 bits per heavy atom. The smallest absolute Gasteiger partial charge is 0.275 e. The highest BCUT2D eigenvalue weighted by Crippen LogP contribution is 2.11. The van der Waals surface area contributed by atoms with Crippen molar-refractivity contribution in [1.82, 2.24) is 14.5 Å². The van der Waals surface area contributed by atoms with E-state index in [4.69, 9.17) is 4.74 Å². The van der Waals surface area contributed by atoms with Crippen molar-refractivity contribution < 1.29 is 9.53 Å². The third kappa shape index (κ3) is 5.24. The molecule has 0 aliphatic carbocycles. The summed E-state index contributed by atoms with van der Waals surface area (Å²) in [7, 11) is 1.57. The van der Waals surface area contributed by atoms with E-state index < -0.39 is 11.1 Å². The third-order valence-corrected chi connectivity index (χ3v) is 5.19. The number of rotatable bonds is 7. The van der Waals surface area contributed by atoms with Gasteiger partial charge in [-0.25, -0.2) is 0 Å². The van der Waals surface area contributed by atoms with Gasteiger partial charge in [0.15, 0.2) is 0 Å². The van der Waals surface area contributed by atoms with E-state index in [0.29, 0.717) is 18.8 Å². The van der Waals surface area contributed by atoms with Crippen molar-refractivity contribution in [3.63, 3.8) is 0 Å². The van der Waals surface area contributed by atoms with Gasteiger partial charge in [-0.1, -0.05) is 42.5 Å². The summed E-state index contributed by atoms with van der Waals surface area (Å²) in [5.41, 5.74) is 0.594. The van der Waals surface area contributed by atoms with Crippen molar-refractivity contribution >= 4 is 18.1 Å². The highest BCUT2D eigenvalue weighted by molar-refractivity contribution is 5.76. The number of hydrogen-bond donors (Lipinski definition) is 1. The number of carbonyl (C=O) groups excluding carboxylic acids is 1. The van der Waals surface area contributed by atoms with Crippen LogP contribution in [0.3, 0.4) is 0 Å². The Bertz CT molecular complexity index is 1300. The van der Waals surface area contributed by atoms with Crippen LogP contribution in [0.5, 0.6) is 5.75 Å². The molecule has 3 rings (SSSR count). The Labute approximate surface area is 185 Å². The molecule has 1 N–H and O–H groups in total. The topological polar surface area (TPSA) is 84.4 Å². The molecule has 1 heterocycles. The number of hydrogen-bond acceptors (Lipinski definition) is 4. The van der Waals surface area contributed by atoms with Crippen molar-refractivity contribution in [2.75, 3.05) is 20.2 Å². The third-order valence-electron chi connectivity index (χ3n) is 5.19. The quantitative estimate of drug-likeness (QED) is 0.604. The molecule has 0 spiro atoms. The van der Waals surface area contributed by atoms with Gasteiger partial charge in [0.2, 0.25) is 5.91 Å². The summed E-state index contributed by atoms with van der Waals surface area (Å²) in [6, 6.07) is 16.3. The molecule has 1 aromatic heterocycles. The minimum Gasteiger partial charge on any atom is -0.497 e. The van der Waals surface area contributed by atoms with Gasteiger partial charge in [-0.15, -0.1) is 0 Å². The summed E-state index contributed by atoms with van der Waals surface area (Å²) in [5, 5.41) is 0.242. The lowest BCUT2D eigenvalue weighted by atomic mass is 10.2. The van der Waals surface area contributed by atoms with Crippen molar-refractivity contribution in [3.05, 3.63) is 97.1 Å². The maximum absolute atomic E-state index is 13.3. The first kappa shape index (κ1) is 22.8. The molecule has 3 aromatic rings. The van der Waals surface area contributed by atoms with E-state index >= 15 is 0 Å². The normalized spacial score (nSPS) is 12.1.